The molecular formula is C64H107N5O6. The van der Waals surface area contributed by atoms with Gasteiger partial charge in [0.25, 0.3) is 0 Å². The van der Waals surface area contributed by atoms with Crippen LogP contribution in [0.2, 0.25) is 0 Å². The molecule has 0 unspecified atom stereocenters. The molecule has 11 heteroatoms. The maximum atomic E-state index is 12.8. The van der Waals surface area contributed by atoms with E-state index in [1.54, 1.807) is 14.1 Å². The van der Waals surface area contributed by atoms with E-state index in [0.29, 0.717) is 47.3 Å². The van der Waals surface area contributed by atoms with Gasteiger partial charge < -0.3 is 36.8 Å². The minimum absolute atomic E-state index is 0.0202. The summed E-state index contributed by atoms with van der Waals surface area (Å²) >= 11 is 0. The lowest BCUT2D eigenvalue weighted by Gasteiger charge is -2.72. The minimum Gasteiger partial charge on any atom is -0.481 e. The number of aliphatic hydroxyl groups is 2. The second-order valence-electron chi connectivity index (χ2n) is 30.8. The first kappa shape index (κ1) is 58.2. The topological polar surface area (TPSA) is 207 Å². The largest absolute Gasteiger partial charge is 0.481 e. The van der Waals surface area contributed by atoms with Crippen molar-refractivity contribution in [2.45, 2.75) is 224 Å². The smallest absolute Gasteiger partial charge is 0.309 e. The standard InChI is InChI=1S/2C30H48O3.C4H11N5/c2*1-18(2)19-10-15-30(25(32)33)17-16-28(6)20(24(19)30)8-9-22-27(5)13-12-23(31)26(3,4)21(27)11-14-29(22,28)7;1-9(2)4(7)8-3(5)6/h2*19-24,31H,1,8-17H2,2-7H3,(H,32,33);1-2H3,(H5,5,6,7,8)/t2*19-,20+,21-,22+,23-,24+,27-,28+,29+,30-;/m00./s1. The summed E-state index contributed by atoms with van der Waals surface area (Å²) in [5, 5.41) is 49.8. The number of aliphatic hydroxyl groups excluding tert-OH is 2. The van der Waals surface area contributed by atoms with Gasteiger partial charge in [-0.3, -0.25) is 15.0 Å². The number of nitrogens with one attached hydrogen (secondary N) is 1. The van der Waals surface area contributed by atoms with E-state index in [9.17, 15) is 30.0 Å². The summed E-state index contributed by atoms with van der Waals surface area (Å²) in [7, 11) is 3.38. The van der Waals surface area contributed by atoms with Crippen LogP contribution in [-0.4, -0.2) is 75.5 Å². The third-order valence-corrected chi connectivity index (χ3v) is 27.6. The second kappa shape index (κ2) is 19.1. The summed E-state index contributed by atoms with van der Waals surface area (Å²) in [5.41, 5.74) is 12.7. The SMILES string of the molecule is C=C(C)[C@@H]1CC[C@]2(C(=O)O)CC[C@]3(C)[C@H](CC[C@@H]4[C@@]5(C)CC[C@H](O)C(C)(C)[C@@H]5CC[C@]43C)[C@@H]12.C=C(C)[C@@H]1CC[C@]2(C(=O)O)CC[C@]3(C)[C@H](CC[C@@H]4[C@@]5(C)CC[C@H](O)C(C)(C)[C@@H]5CC[C@]43C)[C@@H]12.CN(C)C(=N)N=C(N)N. The van der Waals surface area contributed by atoms with E-state index in [2.05, 4.69) is 101 Å². The number of allylic oxidation sites excluding steroid dienone is 2. The molecule has 10 aliphatic carbocycles. The molecule has 10 saturated carbocycles. The Balaban J connectivity index is 0.000000172. The molecule has 0 aromatic carbocycles. The number of rotatable bonds is 4. The van der Waals surface area contributed by atoms with Crippen LogP contribution in [0, 0.1) is 119 Å². The molecule has 0 saturated heterocycles. The molecule has 20 atom stereocenters. The molecule has 0 amide bonds. The van der Waals surface area contributed by atoms with Crippen molar-refractivity contribution in [2.24, 2.45) is 130 Å². The average molecular weight is 1040 g/mol. The number of carboxylic acids is 2. The number of hydrogen-bond acceptors (Lipinski definition) is 5. The number of fused-ring (bicyclic) bond motifs is 14. The Morgan fingerprint density at radius 3 is 1.16 bits per heavy atom. The van der Waals surface area contributed by atoms with Crippen molar-refractivity contribution in [1.29, 1.82) is 5.41 Å². The van der Waals surface area contributed by atoms with E-state index in [0.717, 1.165) is 77.0 Å². The molecule has 10 fully saturated rings. The number of aliphatic carboxylic acids is 2. The lowest BCUT2D eigenvalue weighted by atomic mass is 9.32. The number of aliphatic imine (C=N–C) groups is 1. The lowest BCUT2D eigenvalue weighted by Crippen LogP contribution is -2.67. The zero-order chi connectivity index (χ0) is 55.8. The van der Waals surface area contributed by atoms with E-state index in [4.69, 9.17) is 16.9 Å². The fraction of sp³-hybridized carbons (Fsp3) is 0.875. The number of nitrogens with zero attached hydrogens (tertiary/aromatic N) is 2. The predicted molar refractivity (Wildman–Crippen MR) is 302 cm³/mol. The molecule has 424 valence electrons. The zero-order valence-electron chi connectivity index (χ0n) is 49.6. The first-order valence-electron chi connectivity index (χ1n) is 30.0. The molecule has 9 N–H and O–H groups in total. The Hall–Kier alpha value is -2.92. The zero-order valence-corrected chi connectivity index (χ0v) is 49.6. The van der Waals surface area contributed by atoms with Gasteiger partial charge in [-0.15, -0.1) is 0 Å². The maximum absolute atomic E-state index is 12.8. The van der Waals surface area contributed by atoms with E-state index < -0.39 is 22.8 Å². The van der Waals surface area contributed by atoms with Gasteiger partial charge >= 0.3 is 11.9 Å². The van der Waals surface area contributed by atoms with Gasteiger partial charge in [0, 0.05) is 14.1 Å². The minimum atomic E-state index is -0.538. The highest BCUT2D eigenvalue weighted by atomic mass is 16.4. The number of nitrogens with two attached hydrogens (primary N) is 2. The molecule has 0 bridgehead atoms. The maximum Gasteiger partial charge on any atom is 0.309 e. The predicted octanol–water partition coefficient (Wildman–Crippen LogP) is 12.9. The molecular weight excluding hydrogens is 935 g/mol. The third-order valence-electron chi connectivity index (χ3n) is 27.6. The summed E-state index contributed by atoms with van der Waals surface area (Å²) in [6.45, 7) is 37.7. The molecule has 11 nitrogen and oxygen atoms in total. The number of guanidine groups is 2. The summed E-state index contributed by atoms with van der Waals surface area (Å²) in [4.78, 5) is 30.5. The summed E-state index contributed by atoms with van der Waals surface area (Å²) in [6, 6.07) is 0. The van der Waals surface area contributed by atoms with Gasteiger partial charge in [0.15, 0.2) is 5.96 Å². The monoisotopic (exact) mass is 1040 g/mol. The van der Waals surface area contributed by atoms with Crippen LogP contribution in [0.5, 0.6) is 0 Å². The van der Waals surface area contributed by atoms with Crippen LogP contribution in [0.1, 0.15) is 212 Å². The first-order valence-corrected chi connectivity index (χ1v) is 30.0. The molecule has 10 aliphatic rings. The quantitative estimate of drug-likeness (QED) is 0.0811. The van der Waals surface area contributed by atoms with Crippen molar-refractivity contribution >= 4 is 23.9 Å². The van der Waals surface area contributed by atoms with Crippen LogP contribution in [0.3, 0.4) is 0 Å². The summed E-state index contributed by atoms with van der Waals surface area (Å²) in [5.74, 6) is 3.55. The molecule has 0 radical (unpaired) electrons. The normalized spacial score (nSPS) is 49.4. The van der Waals surface area contributed by atoms with E-state index in [-0.39, 0.29) is 79.3 Å². The van der Waals surface area contributed by atoms with Crippen molar-refractivity contribution in [3.63, 3.8) is 0 Å². The number of hydrogen-bond donors (Lipinski definition) is 7. The van der Waals surface area contributed by atoms with E-state index >= 15 is 0 Å². The fourth-order valence-electron chi connectivity index (χ4n) is 23.2. The molecule has 0 spiro atoms. The summed E-state index contributed by atoms with van der Waals surface area (Å²) in [6.07, 6.45) is 20.9. The molecule has 0 aromatic heterocycles. The Morgan fingerprint density at radius 1 is 0.507 bits per heavy atom. The van der Waals surface area contributed by atoms with E-state index in [1.807, 2.05) is 0 Å². The van der Waals surface area contributed by atoms with Gasteiger partial charge in [-0.2, -0.15) is 4.99 Å². The number of carbonyl (C=O) groups is 2. The highest BCUT2D eigenvalue weighted by molar-refractivity contribution is 5.91. The highest BCUT2D eigenvalue weighted by Crippen LogP contribution is 2.80. The molecule has 75 heavy (non-hydrogen) atoms. The summed E-state index contributed by atoms with van der Waals surface area (Å²) < 4.78 is 0. The van der Waals surface area contributed by atoms with E-state index in [1.165, 1.54) is 67.4 Å². The van der Waals surface area contributed by atoms with Crippen molar-refractivity contribution < 1.29 is 30.0 Å². The Bertz CT molecular complexity index is 2170. The van der Waals surface area contributed by atoms with Crippen LogP contribution in [0.15, 0.2) is 29.3 Å². The van der Waals surface area contributed by atoms with Crippen LogP contribution >= 0.6 is 0 Å². The van der Waals surface area contributed by atoms with Crippen LogP contribution < -0.4 is 11.5 Å². The van der Waals surface area contributed by atoms with Crippen LogP contribution in [0.25, 0.3) is 0 Å². The van der Waals surface area contributed by atoms with Gasteiger partial charge in [-0.25, -0.2) is 0 Å². The third kappa shape index (κ3) is 8.22. The molecule has 10 rings (SSSR count). The second-order valence-corrected chi connectivity index (χ2v) is 30.8. The average Bonchev–Trinajstić information content (AvgIpc) is 3.92. The fourth-order valence-corrected chi connectivity index (χ4v) is 23.2. The molecule has 0 aliphatic heterocycles. The number of carboxylic acid groups (broad SMARTS) is 2. The van der Waals surface area contributed by atoms with Gasteiger partial charge in [-0.1, -0.05) is 93.5 Å². The Morgan fingerprint density at radius 2 is 0.867 bits per heavy atom. The van der Waals surface area contributed by atoms with Crippen molar-refractivity contribution in [3.05, 3.63) is 24.3 Å². The first-order chi connectivity index (χ1) is 34.5. The van der Waals surface area contributed by atoms with Crippen molar-refractivity contribution in [2.75, 3.05) is 14.1 Å². The van der Waals surface area contributed by atoms with Crippen LogP contribution in [0.4, 0.5) is 0 Å². The highest BCUT2D eigenvalue weighted by Gasteiger charge is 2.74. The molecule has 0 aromatic rings. The van der Waals surface area contributed by atoms with Gasteiger partial charge in [0.05, 0.1) is 23.0 Å². The van der Waals surface area contributed by atoms with Gasteiger partial charge in [0.1, 0.15) is 0 Å². The van der Waals surface area contributed by atoms with Crippen molar-refractivity contribution in [3.8, 4) is 0 Å². The molecule has 0 heterocycles. The lowest BCUT2D eigenvalue weighted by molar-refractivity contribution is -0.248. The Kier molecular flexibility index (Phi) is 14.9. The Labute approximate surface area is 454 Å². The van der Waals surface area contributed by atoms with Gasteiger partial charge in [0.2, 0.25) is 5.96 Å². The van der Waals surface area contributed by atoms with Gasteiger partial charge in [-0.05, 0) is 245 Å². The van der Waals surface area contributed by atoms with Crippen molar-refractivity contribution in [1.82, 2.24) is 4.90 Å². The van der Waals surface area contributed by atoms with Crippen LogP contribution in [-0.2, 0) is 9.59 Å².